The number of aliphatic hydroxyl groups excluding tert-OH is 1. The van der Waals surface area contributed by atoms with Crippen LogP contribution in [-0.2, 0) is 76.8 Å². The van der Waals surface area contributed by atoms with Crippen LogP contribution in [0, 0.1) is 5.92 Å². The Hall–Kier alpha value is -10.1. The van der Waals surface area contributed by atoms with Crippen LogP contribution in [0.15, 0.2) is 72.2 Å². The van der Waals surface area contributed by atoms with Gasteiger partial charge in [0.1, 0.15) is 60.1 Å². The summed E-state index contributed by atoms with van der Waals surface area (Å²) in [6, 6.07) is 1.85. The van der Waals surface area contributed by atoms with E-state index in [4.69, 9.17) is 17.2 Å². The number of aromatic nitrogens is 3. The summed E-state index contributed by atoms with van der Waals surface area (Å²) in [4.78, 5) is 181. The molecule has 0 spiro atoms. The van der Waals surface area contributed by atoms with Gasteiger partial charge in [0.15, 0.2) is 5.96 Å². The summed E-state index contributed by atoms with van der Waals surface area (Å²) in [6.07, 6.45) is 23.3. The van der Waals surface area contributed by atoms with E-state index >= 15 is 0 Å². The minimum atomic E-state index is -1.70. The highest BCUT2D eigenvalue weighted by Gasteiger charge is 2.40. The third kappa shape index (κ3) is 31.5. The molecule has 0 bridgehead atoms. The molecule has 2 fully saturated rings. The maximum atomic E-state index is 14.7. The van der Waals surface area contributed by atoms with Crippen molar-refractivity contribution >= 4 is 87.7 Å². The molecule has 2 aliphatic rings. The monoisotopic (exact) mass is 1520 g/mol. The van der Waals surface area contributed by atoms with E-state index in [9.17, 15) is 67.7 Å². The van der Waals surface area contributed by atoms with Crippen LogP contribution in [0.1, 0.15) is 205 Å². The summed E-state index contributed by atoms with van der Waals surface area (Å²) >= 11 is 0. The lowest BCUT2D eigenvalue weighted by atomic mass is 10.0. The van der Waals surface area contributed by atoms with Gasteiger partial charge in [0.2, 0.25) is 70.9 Å². The fraction of sp³-hybridized carbons (Fsp3) is 0.610. The third-order valence-electron chi connectivity index (χ3n) is 19.5. The molecule has 20 N–H and O–H groups in total. The first-order valence-corrected chi connectivity index (χ1v) is 38.9. The number of fused-ring (bicyclic) bond motifs is 1. The molecule has 2 aromatic carbocycles. The number of likely N-dealkylation sites (tertiary alicyclic amines) is 1. The first-order chi connectivity index (χ1) is 52.4. The number of unbranched alkanes of at least 4 members (excludes halogenated alkanes) is 15. The average molecular weight is 1520 g/mol. The molecule has 4 heterocycles. The first-order valence-electron chi connectivity index (χ1n) is 38.9. The highest BCUT2D eigenvalue weighted by molar-refractivity contribution is 5.99. The Bertz CT molecular complexity index is 3600. The first kappa shape index (κ1) is 87.8. The number of carbonyl (C=O) groups excluding carboxylic acids is 12. The lowest BCUT2D eigenvalue weighted by Crippen LogP contribution is -2.60. The van der Waals surface area contributed by atoms with Crippen molar-refractivity contribution in [2.75, 3.05) is 32.8 Å². The molecule has 109 heavy (non-hydrogen) atoms. The second-order valence-corrected chi connectivity index (χ2v) is 29.0. The molecule has 0 unspecified atom stereocenters. The molecule has 12 amide bonds. The van der Waals surface area contributed by atoms with Crippen LogP contribution in [0.4, 0.5) is 0 Å². The number of nitrogens with one attached hydrogen (secondary N) is 12. The Balaban J connectivity index is 1.14. The molecule has 0 saturated carbocycles. The molecule has 600 valence electrons. The Labute approximate surface area is 637 Å². The maximum absolute atomic E-state index is 14.7. The van der Waals surface area contributed by atoms with Gasteiger partial charge in [0, 0.05) is 80.7 Å². The maximum Gasteiger partial charge on any atom is 0.245 e. The third-order valence-corrected chi connectivity index (χ3v) is 19.5. The molecule has 2 aromatic heterocycles. The number of hydrogen-bond donors (Lipinski definition) is 17. The zero-order chi connectivity index (χ0) is 79.0. The molecule has 32 nitrogen and oxygen atoms in total. The lowest BCUT2D eigenvalue weighted by molar-refractivity contribution is -0.142. The molecule has 6 rings (SSSR count). The smallest absolute Gasteiger partial charge is 0.245 e. The van der Waals surface area contributed by atoms with Crippen molar-refractivity contribution in [3.63, 3.8) is 0 Å². The Morgan fingerprint density at radius 2 is 1.19 bits per heavy atom. The number of imidazole rings is 1. The number of aromatic hydroxyl groups is 1. The van der Waals surface area contributed by atoms with Crippen molar-refractivity contribution < 1.29 is 67.7 Å². The van der Waals surface area contributed by atoms with E-state index in [0.29, 0.717) is 36.1 Å². The number of phenols is 1. The van der Waals surface area contributed by atoms with Gasteiger partial charge in [-0.3, -0.25) is 62.5 Å². The van der Waals surface area contributed by atoms with Crippen LogP contribution in [0.5, 0.6) is 5.75 Å². The number of hydrogen-bond acceptors (Lipinski definition) is 16. The van der Waals surface area contributed by atoms with Crippen LogP contribution >= 0.6 is 0 Å². The summed E-state index contributed by atoms with van der Waals surface area (Å²) in [5.41, 5.74) is 18.7. The van der Waals surface area contributed by atoms with E-state index in [1.807, 2.05) is 32.0 Å². The Morgan fingerprint density at radius 1 is 0.606 bits per heavy atom. The SMILES string of the molecule is CCCCCCCCCCCCCCCCCC(=O)N[C@H](CCCCNC(=O)[C@H](Cc1ccc(O)cc1)NC(=O)[C@H](CO)NC(=O)[C@H](Cc1c[nH]c2ccccc12)NC(=O)[C@H](Cc1cnc[nH]1)NC(=O)[C@@H]1CCC(=O)N1)C(=O)N[C@@H](CC(C)C)C(=O)N[C@@H](CCCN=C(N)N)C(=O)N1CCC[C@H]1C(=O)NCC(N)=O. The van der Waals surface area contributed by atoms with Crippen LogP contribution in [-0.4, -0.2) is 194 Å². The number of phenolic OH excluding ortho intramolecular Hbond substituents is 1. The molecule has 32 heteroatoms. The molecule has 0 aliphatic carbocycles. The Morgan fingerprint density at radius 3 is 1.81 bits per heavy atom. The van der Waals surface area contributed by atoms with Gasteiger partial charge in [-0.1, -0.05) is 141 Å². The van der Waals surface area contributed by atoms with Crippen LogP contribution in [0.25, 0.3) is 10.9 Å². The van der Waals surface area contributed by atoms with E-state index in [2.05, 4.69) is 80.0 Å². The van der Waals surface area contributed by atoms with Crippen molar-refractivity contribution in [2.45, 2.75) is 261 Å². The summed E-state index contributed by atoms with van der Waals surface area (Å²) in [7, 11) is 0. The number of aliphatic hydroxyl groups is 1. The summed E-state index contributed by atoms with van der Waals surface area (Å²) < 4.78 is 0. The molecule has 2 saturated heterocycles. The van der Waals surface area contributed by atoms with E-state index in [1.54, 1.807) is 24.4 Å². The van der Waals surface area contributed by atoms with Gasteiger partial charge in [-0.15, -0.1) is 0 Å². The number of benzene rings is 2. The molecule has 2 aliphatic heterocycles. The lowest BCUT2D eigenvalue weighted by Gasteiger charge is -2.30. The van der Waals surface area contributed by atoms with E-state index in [1.165, 1.54) is 87.3 Å². The van der Waals surface area contributed by atoms with Gasteiger partial charge in [0.05, 0.1) is 19.5 Å². The van der Waals surface area contributed by atoms with Crippen LogP contribution < -0.4 is 70.4 Å². The largest absolute Gasteiger partial charge is 0.508 e. The molecule has 4 aromatic rings. The van der Waals surface area contributed by atoms with E-state index in [-0.39, 0.29) is 126 Å². The number of rotatable bonds is 52. The van der Waals surface area contributed by atoms with Gasteiger partial charge in [-0.05, 0) is 99.5 Å². The predicted octanol–water partition coefficient (Wildman–Crippen LogP) is 2.53. The number of carbonyl (C=O) groups is 12. The van der Waals surface area contributed by atoms with Gasteiger partial charge in [-0.25, -0.2) is 4.98 Å². The number of amides is 12. The summed E-state index contributed by atoms with van der Waals surface area (Å²) in [6.45, 7) is 4.78. The average Bonchev–Trinajstić information content (AvgIpc) is 1.82. The van der Waals surface area contributed by atoms with Crippen LogP contribution in [0.2, 0.25) is 0 Å². The van der Waals surface area contributed by atoms with Crippen molar-refractivity contribution in [1.29, 1.82) is 0 Å². The normalized spacial score (nSPS) is 15.9. The summed E-state index contributed by atoms with van der Waals surface area (Å²) in [5.74, 6) is -8.46. The number of nitrogens with two attached hydrogens (primary N) is 3. The number of aromatic amines is 2. The highest BCUT2D eigenvalue weighted by Crippen LogP contribution is 2.23. The molecular weight excluding hydrogens is 1400 g/mol. The highest BCUT2D eigenvalue weighted by atomic mass is 16.3. The number of para-hydroxylation sites is 1. The zero-order valence-electron chi connectivity index (χ0n) is 63.5. The van der Waals surface area contributed by atoms with E-state index in [0.717, 1.165) is 43.0 Å². The number of guanidine groups is 1. The van der Waals surface area contributed by atoms with E-state index < -0.39 is 127 Å². The van der Waals surface area contributed by atoms with Crippen molar-refractivity contribution in [3.05, 3.63) is 84.1 Å². The topological polar surface area (TPSA) is 504 Å². The van der Waals surface area contributed by atoms with Crippen molar-refractivity contribution in [3.8, 4) is 5.75 Å². The fourth-order valence-electron chi connectivity index (χ4n) is 13.5. The number of nitrogens with zero attached hydrogens (tertiary/aromatic N) is 3. The summed E-state index contributed by atoms with van der Waals surface area (Å²) in [5, 5.41) is 48.8. The minimum Gasteiger partial charge on any atom is -0.508 e. The fourth-order valence-corrected chi connectivity index (χ4v) is 13.5. The molecule has 9 atom stereocenters. The van der Waals surface area contributed by atoms with Gasteiger partial charge in [-0.2, -0.15) is 0 Å². The number of H-pyrrole nitrogens is 2. The number of primary amides is 1. The predicted molar refractivity (Wildman–Crippen MR) is 411 cm³/mol. The zero-order valence-corrected chi connectivity index (χ0v) is 63.5. The second-order valence-electron chi connectivity index (χ2n) is 29.0. The van der Waals surface area contributed by atoms with Gasteiger partial charge in [0.25, 0.3) is 0 Å². The Kier molecular flexibility index (Phi) is 38.3. The molecule has 0 radical (unpaired) electrons. The van der Waals surface area contributed by atoms with Crippen LogP contribution in [0.3, 0.4) is 0 Å². The van der Waals surface area contributed by atoms with Crippen molar-refractivity contribution in [2.24, 2.45) is 28.1 Å². The molecular formula is C77H118N18O14. The quantitative estimate of drug-likeness (QED) is 0.0172. The van der Waals surface area contributed by atoms with Crippen molar-refractivity contribution in [1.82, 2.24) is 73.0 Å². The standard InChI is InChI=1S/C77H118N18O14/c1-4-5-6-7-8-9-10-11-12-13-14-15-16-17-18-30-66(99)87-56(69(102)90-59(40-49(2)3)71(104)89-58(28-23-38-83-77(79)80)76(109)95-39-24-29-64(95)75(108)85-46-65(78)98)27-21-22-37-82-68(101)60(41-50-31-33-53(97)34-32-50)91-74(107)63(47-96)94-72(105)61(42-51-44-84-55-26-20-19-25-54(51)55)92-73(106)62(43-52-45-81-48-86-52)93-70(103)57-35-36-67(100)88-57/h19-20,25-26,31-34,44-45,48-49,56-64,84,96-97H,4-18,21-24,27-30,35-43,46-47H2,1-3H3,(H2,78,98)(H,81,86)(H,82,101)(H,85,108)(H,87,99)(H,88,100)(H,89,104)(H,90,102)(H,91,107)(H,92,106)(H,93,103)(H,94,105)(H4,79,80,83)/t56-,57+,58+,59+,60+,61+,62+,63+,64+/m1/s1. The second kappa shape index (κ2) is 47.6. The van der Waals surface area contributed by atoms with Gasteiger partial charge < -0.3 is 95.4 Å². The number of aliphatic imine (C=N–C) groups is 1. The van der Waals surface area contributed by atoms with Gasteiger partial charge >= 0.3 is 0 Å². The minimum absolute atomic E-state index is 0.0175.